The van der Waals surface area contributed by atoms with Crippen LogP contribution >= 0.6 is 0 Å². The summed E-state index contributed by atoms with van der Waals surface area (Å²) in [6, 6.07) is 0. The molecule has 0 radical (unpaired) electrons. The molecule has 1 unspecified atom stereocenters. The van der Waals surface area contributed by atoms with Crippen molar-refractivity contribution in [3.05, 3.63) is 17.8 Å². The second-order valence-corrected chi connectivity index (χ2v) is 5.18. The van der Waals surface area contributed by atoms with Gasteiger partial charge in [-0.05, 0) is 45.3 Å². The van der Waals surface area contributed by atoms with Gasteiger partial charge in [0, 0.05) is 18.4 Å². The minimum absolute atomic E-state index is 0.529. The van der Waals surface area contributed by atoms with Gasteiger partial charge in [0.1, 0.15) is 6.26 Å². The number of piperidine rings is 2. The predicted octanol–water partition coefficient (Wildman–Crippen LogP) is 1.61. The molecule has 1 aromatic rings. The Morgan fingerprint density at radius 1 is 1.06 bits per heavy atom. The Labute approximate surface area is 102 Å². The van der Waals surface area contributed by atoms with Crippen molar-refractivity contribution in [2.24, 2.45) is 0 Å². The Balaban J connectivity index is 1.68. The molecule has 3 heterocycles. The van der Waals surface area contributed by atoms with Crippen molar-refractivity contribution in [3.8, 4) is 0 Å². The molecule has 0 amide bonds. The summed E-state index contributed by atoms with van der Waals surface area (Å²) in [6.07, 6.45) is 6.69. The fraction of sp³-hybridized carbons (Fsp3) is 0.769. The SMILES string of the molecule is c1oc(C2CCNCC2)nc1C1CCCNC1. The maximum atomic E-state index is 5.69. The van der Waals surface area contributed by atoms with E-state index in [1.807, 2.05) is 6.26 Å². The Hall–Kier alpha value is -0.870. The molecule has 0 aromatic carbocycles. The molecule has 2 N–H and O–H groups in total. The summed E-state index contributed by atoms with van der Waals surface area (Å²) in [5, 5.41) is 6.81. The molecule has 0 bridgehead atoms. The molecular formula is C13H21N3O. The van der Waals surface area contributed by atoms with Gasteiger partial charge in [0.2, 0.25) is 0 Å². The first-order valence-electron chi connectivity index (χ1n) is 6.80. The van der Waals surface area contributed by atoms with Crippen LogP contribution in [0.4, 0.5) is 0 Å². The Bertz CT molecular complexity index is 319. The van der Waals surface area contributed by atoms with Crippen molar-refractivity contribution in [3.63, 3.8) is 0 Å². The largest absolute Gasteiger partial charge is 0.448 e. The van der Waals surface area contributed by atoms with Gasteiger partial charge in [-0.3, -0.25) is 0 Å². The van der Waals surface area contributed by atoms with Crippen LogP contribution in [0, 0.1) is 0 Å². The van der Waals surface area contributed by atoms with Gasteiger partial charge in [-0.15, -0.1) is 0 Å². The molecule has 2 fully saturated rings. The van der Waals surface area contributed by atoms with E-state index < -0.39 is 0 Å². The van der Waals surface area contributed by atoms with Crippen LogP contribution in [0.5, 0.6) is 0 Å². The smallest absolute Gasteiger partial charge is 0.197 e. The van der Waals surface area contributed by atoms with E-state index in [1.165, 1.54) is 12.8 Å². The van der Waals surface area contributed by atoms with Crippen molar-refractivity contribution >= 4 is 0 Å². The van der Waals surface area contributed by atoms with Crippen molar-refractivity contribution in [1.82, 2.24) is 15.6 Å². The number of aromatic nitrogens is 1. The number of rotatable bonds is 2. The molecule has 1 aromatic heterocycles. The number of hydrogen-bond donors (Lipinski definition) is 2. The van der Waals surface area contributed by atoms with Gasteiger partial charge in [0.05, 0.1) is 5.69 Å². The second-order valence-electron chi connectivity index (χ2n) is 5.18. The molecule has 0 saturated carbocycles. The predicted molar refractivity (Wildman–Crippen MR) is 66.2 cm³/mol. The van der Waals surface area contributed by atoms with Crippen LogP contribution in [-0.2, 0) is 0 Å². The summed E-state index contributed by atoms with van der Waals surface area (Å²) >= 11 is 0. The zero-order chi connectivity index (χ0) is 11.5. The van der Waals surface area contributed by atoms with Crippen LogP contribution in [0.15, 0.2) is 10.7 Å². The minimum atomic E-state index is 0.529. The summed E-state index contributed by atoms with van der Waals surface area (Å²) in [4.78, 5) is 4.72. The van der Waals surface area contributed by atoms with E-state index in [-0.39, 0.29) is 0 Å². The lowest BCUT2D eigenvalue weighted by Crippen LogP contribution is -2.28. The maximum absolute atomic E-state index is 5.69. The molecule has 2 aliphatic heterocycles. The first kappa shape index (κ1) is 11.2. The van der Waals surface area contributed by atoms with Gasteiger partial charge in [-0.25, -0.2) is 4.98 Å². The number of nitrogens with zero attached hydrogens (tertiary/aromatic N) is 1. The molecule has 0 spiro atoms. The molecule has 94 valence electrons. The zero-order valence-electron chi connectivity index (χ0n) is 10.2. The lowest BCUT2D eigenvalue weighted by atomic mass is 9.96. The van der Waals surface area contributed by atoms with Crippen LogP contribution in [0.2, 0.25) is 0 Å². The standard InChI is InChI=1S/C13H21N3O/c1-2-11(8-15-5-1)12-9-17-13(16-12)10-3-6-14-7-4-10/h9-11,14-15H,1-8H2. The third kappa shape index (κ3) is 2.53. The number of hydrogen-bond acceptors (Lipinski definition) is 4. The molecule has 2 saturated heterocycles. The first-order valence-corrected chi connectivity index (χ1v) is 6.80. The Morgan fingerprint density at radius 3 is 2.71 bits per heavy atom. The number of oxazole rings is 1. The molecule has 1 atom stereocenters. The third-order valence-electron chi connectivity index (χ3n) is 3.94. The number of nitrogens with one attached hydrogen (secondary N) is 2. The average molecular weight is 235 g/mol. The summed E-state index contributed by atoms with van der Waals surface area (Å²) in [5.41, 5.74) is 1.16. The Kier molecular flexibility index (Phi) is 3.43. The van der Waals surface area contributed by atoms with E-state index in [0.717, 1.165) is 50.6 Å². The van der Waals surface area contributed by atoms with E-state index in [1.54, 1.807) is 0 Å². The van der Waals surface area contributed by atoms with Crippen molar-refractivity contribution < 1.29 is 4.42 Å². The first-order chi connectivity index (χ1) is 8.43. The monoisotopic (exact) mass is 235 g/mol. The Morgan fingerprint density at radius 2 is 1.94 bits per heavy atom. The van der Waals surface area contributed by atoms with Gasteiger partial charge < -0.3 is 15.1 Å². The van der Waals surface area contributed by atoms with Gasteiger partial charge in [-0.2, -0.15) is 0 Å². The molecule has 2 aliphatic rings. The minimum Gasteiger partial charge on any atom is -0.448 e. The lowest BCUT2D eigenvalue weighted by molar-refractivity contribution is 0.374. The molecular weight excluding hydrogens is 214 g/mol. The van der Waals surface area contributed by atoms with E-state index >= 15 is 0 Å². The molecule has 17 heavy (non-hydrogen) atoms. The summed E-state index contributed by atoms with van der Waals surface area (Å²) < 4.78 is 5.69. The highest BCUT2D eigenvalue weighted by molar-refractivity contribution is 5.08. The van der Waals surface area contributed by atoms with Crippen LogP contribution in [0.1, 0.15) is 49.1 Å². The summed E-state index contributed by atoms with van der Waals surface area (Å²) in [6.45, 7) is 4.38. The second kappa shape index (κ2) is 5.19. The van der Waals surface area contributed by atoms with Gasteiger partial charge in [0.25, 0.3) is 0 Å². The maximum Gasteiger partial charge on any atom is 0.197 e. The van der Waals surface area contributed by atoms with Gasteiger partial charge in [0.15, 0.2) is 5.89 Å². The molecule has 4 heteroatoms. The fourth-order valence-corrected chi connectivity index (χ4v) is 2.85. The van der Waals surface area contributed by atoms with Crippen molar-refractivity contribution in [1.29, 1.82) is 0 Å². The fourth-order valence-electron chi connectivity index (χ4n) is 2.85. The highest BCUT2D eigenvalue weighted by Gasteiger charge is 2.23. The third-order valence-corrected chi connectivity index (χ3v) is 3.94. The van der Waals surface area contributed by atoms with Crippen LogP contribution in [0.3, 0.4) is 0 Å². The quantitative estimate of drug-likeness (QED) is 0.817. The van der Waals surface area contributed by atoms with Crippen LogP contribution < -0.4 is 10.6 Å². The zero-order valence-corrected chi connectivity index (χ0v) is 10.2. The lowest BCUT2D eigenvalue weighted by Gasteiger charge is -2.21. The van der Waals surface area contributed by atoms with E-state index in [9.17, 15) is 0 Å². The normalized spacial score (nSPS) is 27.2. The van der Waals surface area contributed by atoms with E-state index in [0.29, 0.717) is 11.8 Å². The van der Waals surface area contributed by atoms with Crippen molar-refractivity contribution in [2.45, 2.75) is 37.5 Å². The van der Waals surface area contributed by atoms with Crippen LogP contribution in [0.25, 0.3) is 0 Å². The highest BCUT2D eigenvalue weighted by Crippen LogP contribution is 2.28. The molecule has 3 rings (SSSR count). The van der Waals surface area contributed by atoms with Crippen molar-refractivity contribution in [2.75, 3.05) is 26.2 Å². The average Bonchev–Trinajstić information content (AvgIpc) is 2.90. The summed E-state index contributed by atoms with van der Waals surface area (Å²) in [7, 11) is 0. The molecule has 0 aliphatic carbocycles. The van der Waals surface area contributed by atoms with Crippen LogP contribution in [-0.4, -0.2) is 31.2 Å². The molecule has 4 nitrogen and oxygen atoms in total. The van der Waals surface area contributed by atoms with Gasteiger partial charge in [-0.1, -0.05) is 0 Å². The van der Waals surface area contributed by atoms with E-state index in [2.05, 4.69) is 10.6 Å². The van der Waals surface area contributed by atoms with E-state index in [4.69, 9.17) is 9.40 Å². The highest BCUT2D eigenvalue weighted by atomic mass is 16.3. The van der Waals surface area contributed by atoms with Gasteiger partial charge >= 0.3 is 0 Å². The summed E-state index contributed by atoms with van der Waals surface area (Å²) in [5.74, 6) is 2.05. The topological polar surface area (TPSA) is 50.1 Å².